The standard InChI is InChI=1S/C14H16F5NO2/c1-12(8-11(21)22-2,13(15,16)14(17,18)19)20-9-10-6-4-3-5-7-10/h3-7,20H,8-9H2,1-2H3. The Hall–Kier alpha value is -1.70. The Kier molecular flexibility index (Phi) is 5.50. The summed E-state index contributed by atoms with van der Waals surface area (Å²) in [5, 5.41) is 2.15. The van der Waals surface area contributed by atoms with E-state index in [1.165, 1.54) is 0 Å². The fourth-order valence-corrected chi connectivity index (χ4v) is 1.85. The highest BCUT2D eigenvalue weighted by Gasteiger charge is 2.68. The van der Waals surface area contributed by atoms with Crippen LogP contribution in [0.15, 0.2) is 30.3 Å². The maximum Gasteiger partial charge on any atom is 0.455 e. The summed E-state index contributed by atoms with van der Waals surface area (Å²) in [5.41, 5.74) is -2.31. The zero-order valence-electron chi connectivity index (χ0n) is 12.0. The molecule has 0 aromatic heterocycles. The Labute approximate surface area is 124 Å². The third-order valence-electron chi connectivity index (χ3n) is 3.30. The maximum atomic E-state index is 13.8. The molecule has 3 nitrogen and oxygen atoms in total. The summed E-state index contributed by atoms with van der Waals surface area (Å²) in [5.74, 6) is -6.27. The number of rotatable bonds is 6. The van der Waals surface area contributed by atoms with Gasteiger partial charge in [0, 0.05) is 6.54 Å². The second kappa shape index (κ2) is 6.60. The van der Waals surface area contributed by atoms with Crippen LogP contribution in [-0.2, 0) is 16.1 Å². The van der Waals surface area contributed by atoms with Gasteiger partial charge in [-0.05, 0) is 12.5 Å². The van der Waals surface area contributed by atoms with E-state index in [9.17, 15) is 26.7 Å². The summed E-state index contributed by atoms with van der Waals surface area (Å²) in [6, 6.07) is 8.06. The molecule has 22 heavy (non-hydrogen) atoms. The molecule has 0 saturated carbocycles. The number of hydrogen-bond donors (Lipinski definition) is 1. The van der Waals surface area contributed by atoms with Crippen molar-refractivity contribution in [3.8, 4) is 0 Å². The molecule has 0 spiro atoms. The largest absolute Gasteiger partial charge is 0.469 e. The fraction of sp³-hybridized carbons (Fsp3) is 0.500. The normalized spacial score (nSPS) is 15.2. The Bertz CT molecular complexity index is 504. The van der Waals surface area contributed by atoms with Gasteiger partial charge in [-0.25, -0.2) is 0 Å². The lowest BCUT2D eigenvalue weighted by atomic mass is 9.88. The van der Waals surface area contributed by atoms with Crippen molar-refractivity contribution in [1.29, 1.82) is 0 Å². The molecule has 0 amide bonds. The van der Waals surface area contributed by atoms with Gasteiger partial charge in [0.1, 0.15) is 0 Å². The summed E-state index contributed by atoms with van der Waals surface area (Å²) >= 11 is 0. The van der Waals surface area contributed by atoms with Gasteiger partial charge < -0.3 is 10.1 Å². The fourth-order valence-electron chi connectivity index (χ4n) is 1.85. The Morgan fingerprint density at radius 3 is 2.14 bits per heavy atom. The van der Waals surface area contributed by atoms with Crippen LogP contribution in [0.3, 0.4) is 0 Å². The minimum absolute atomic E-state index is 0.250. The van der Waals surface area contributed by atoms with E-state index in [2.05, 4.69) is 10.1 Å². The monoisotopic (exact) mass is 325 g/mol. The first-order chi connectivity index (χ1) is 10.0. The molecular formula is C14H16F5NO2. The molecule has 1 unspecified atom stereocenters. The summed E-state index contributed by atoms with van der Waals surface area (Å²) in [7, 11) is 0.922. The predicted octanol–water partition coefficient (Wildman–Crippen LogP) is 3.30. The molecule has 1 atom stereocenters. The van der Waals surface area contributed by atoms with Gasteiger partial charge in [0.15, 0.2) is 0 Å². The van der Waals surface area contributed by atoms with Gasteiger partial charge in [0.05, 0.1) is 19.1 Å². The van der Waals surface area contributed by atoms with E-state index in [1.807, 2.05) is 0 Å². The smallest absolute Gasteiger partial charge is 0.455 e. The third kappa shape index (κ3) is 3.94. The van der Waals surface area contributed by atoms with Crippen LogP contribution in [0, 0.1) is 0 Å². The van der Waals surface area contributed by atoms with Crippen molar-refractivity contribution in [2.24, 2.45) is 0 Å². The Morgan fingerprint density at radius 1 is 1.14 bits per heavy atom. The SMILES string of the molecule is COC(=O)CC(C)(NCc1ccccc1)C(F)(F)C(F)(F)F. The molecule has 0 saturated heterocycles. The molecule has 1 rings (SSSR count). The van der Waals surface area contributed by atoms with Crippen molar-refractivity contribution in [2.75, 3.05) is 7.11 Å². The highest BCUT2D eigenvalue weighted by molar-refractivity contribution is 5.71. The summed E-state index contributed by atoms with van der Waals surface area (Å²) in [6.45, 7) is 0.403. The van der Waals surface area contributed by atoms with Gasteiger partial charge in [0.25, 0.3) is 0 Å². The van der Waals surface area contributed by atoms with E-state index >= 15 is 0 Å². The van der Waals surface area contributed by atoms with E-state index in [1.54, 1.807) is 30.3 Å². The second-order valence-corrected chi connectivity index (χ2v) is 5.00. The van der Waals surface area contributed by atoms with Crippen LogP contribution in [0.2, 0.25) is 0 Å². The summed E-state index contributed by atoms with van der Waals surface area (Å²) in [6.07, 6.45) is -6.91. The summed E-state index contributed by atoms with van der Waals surface area (Å²) < 4.78 is 69.8. The number of esters is 1. The molecule has 0 radical (unpaired) electrons. The number of ether oxygens (including phenoxy) is 1. The molecule has 124 valence electrons. The number of nitrogens with one attached hydrogen (secondary N) is 1. The molecule has 1 aromatic rings. The minimum atomic E-state index is -5.79. The lowest BCUT2D eigenvalue weighted by molar-refractivity contribution is -0.310. The molecule has 0 heterocycles. The Morgan fingerprint density at radius 2 is 1.68 bits per heavy atom. The van der Waals surface area contributed by atoms with Gasteiger partial charge in [-0.1, -0.05) is 30.3 Å². The molecule has 0 bridgehead atoms. The minimum Gasteiger partial charge on any atom is -0.469 e. The zero-order valence-corrected chi connectivity index (χ0v) is 12.0. The third-order valence-corrected chi connectivity index (χ3v) is 3.30. The highest BCUT2D eigenvalue weighted by atomic mass is 19.4. The van der Waals surface area contributed by atoms with Crippen molar-refractivity contribution in [1.82, 2.24) is 5.32 Å². The van der Waals surface area contributed by atoms with Gasteiger partial charge in [-0.3, -0.25) is 4.79 Å². The molecule has 8 heteroatoms. The molecule has 0 fully saturated rings. The number of methoxy groups -OCH3 is 1. The number of alkyl halides is 5. The maximum absolute atomic E-state index is 13.8. The van der Waals surface area contributed by atoms with Crippen molar-refractivity contribution in [3.63, 3.8) is 0 Å². The van der Waals surface area contributed by atoms with Gasteiger partial charge >= 0.3 is 18.1 Å². The number of hydrogen-bond acceptors (Lipinski definition) is 3. The average Bonchev–Trinajstić information content (AvgIpc) is 2.44. The van der Waals surface area contributed by atoms with Crippen LogP contribution in [0.5, 0.6) is 0 Å². The number of halogens is 5. The van der Waals surface area contributed by atoms with Crippen molar-refractivity contribution in [3.05, 3.63) is 35.9 Å². The lowest BCUT2D eigenvalue weighted by Gasteiger charge is -2.38. The average molecular weight is 325 g/mol. The molecule has 0 aliphatic rings. The number of carbonyl (C=O) groups is 1. The lowest BCUT2D eigenvalue weighted by Crippen LogP contribution is -2.63. The molecule has 1 N–H and O–H groups in total. The second-order valence-electron chi connectivity index (χ2n) is 5.00. The van der Waals surface area contributed by atoms with Crippen molar-refractivity contribution in [2.45, 2.75) is 37.5 Å². The molecular weight excluding hydrogens is 309 g/mol. The van der Waals surface area contributed by atoms with Gasteiger partial charge in [0.2, 0.25) is 0 Å². The first-order valence-corrected chi connectivity index (χ1v) is 6.34. The topological polar surface area (TPSA) is 38.3 Å². The molecule has 0 aliphatic carbocycles. The first kappa shape index (κ1) is 18.3. The van der Waals surface area contributed by atoms with Crippen LogP contribution in [0.25, 0.3) is 0 Å². The predicted molar refractivity (Wildman–Crippen MR) is 69.3 cm³/mol. The molecule has 1 aromatic carbocycles. The van der Waals surface area contributed by atoms with Crippen LogP contribution in [-0.4, -0.2) is 30.7 Å². The van der Waals surface area contributed by atoms with Crippen LogP contribution in [0.1, 0.15) is 18.9 Å². The van der Waals surface area contributed by atoms with Crippen LogP contribution >= 0.6 is 0 Å². The summed E-state index contributed by atoms with van der Waals surface area (Å²) in [4.78, 5) is 11.2. The molecule has 0 aliphatic heterocycles. The van der Waals surface area contributed by atoms with Crippen LogP contribution < -0.4 is 5.32 Å². The quantitative estimate of drug-likeness (QED) is 0.644. The highest BCUT2D eigenvalue weighted by Crippen LogP contribution is 2.45. The van der Waals surface area contributed by atoms with E-state index in [4.69, 9.17) is 0 Å². The van der Waals surface area contributed by atoms with E-state index in [-0.39, 0.29) is 6.54 Å². The van der Waals surface area contributed by atoms with Crippen molar-refractivity contribution >= 4 is 5.97 Å². The number of carbonyl (C=O) groups excluding carboxylic acids is 1. The first-order valence-electron chi connectivity index (χ1n) is 6.34. The van der Waals surface area contributed by atoms with Gasteiger partial charge in [-0.15, -0.1) is 0 Å². The van der Waals surface area contributed by atoms with E-state index in [0.717, 1.165) is 7.11 Å². The van der Waals surface area contributed by atoms with Gasteiger partial charge in [-0.2, -0.15) is 22.0 Å². The Balaban J connectivity index is 3.03. The van der Waals surface area contributed by atoms with E-state index in [0.29, 0.717) is 12.5 Å². The van der Waals surface area contributed by atoms with E-state index < -0.39 is 30.0 Å². The zero-order chi connectivity index (χ0) is 17.0. The van der Waals surface area contributed by atoms with Crippen molar-refractivity contribution < 1.29 is 31.5 Å². The van der Waals surface area contributed by atoms with Crippen LogP contribution in [0.4, 0.5) is 22.0 Å². The number of benzene rings is 1.